The number of anilines is 1. The molecule has 0 radical (unpaired) electrons. The highest BCUT2D eigenvalue weighted by Crippen LogP contribution is 2.51. The number of hydrogen-bond donors (Lipinski definition) is 0. The van der Waals surface area contributed by atoms with E-state index in [1.807, 2.05) is 7.05 Å². The zero-order valence-corrected chi connectivity index (χ0v) is 12.4. The van der Waals surface area contributed by atoms with Crippen molar-refractivity contribution in [3.8, 4) is 0 Å². The molecule has 1 saturated carbocycles. The first-order valence-corrected chi connectivity index (χ1v) is 7.53. The first kappa shape index (κ1) is 12.2. The van der Waals surface area contributed by atoms with Crippen molar-refractivity contribution in [2.75, 3.05) is 11.9 Å². The zero-order chi connectivity index (χ0) is 12.9. The molecule has 0 spiro atoms. The van der Waals surface area contributed by atoms with Crippen molar-refractivity contribution in [2.24, 2.45) is 11.8 Å². The van der Waals surface area contributed by atoms with Gasteiger partial charge < -0.3 is 4.90 Å². The summed E-state index contributed by atoms with van der Waals surface area (Å²) in [7, 11) is 1.87. The van der Waals surface area contributed by atoms with Gasteiger partial charge >= 0.3 is 0 Å². The summed E-state index contributed by atoms with van der Waals surface area (Å²) in [5.74, 6) is 1.85. The first-order valence-electron chi connectivity index (χ1n) is 6.61. The van der Waals surface area contributed by atoms with Gasteiger partial charge in [0, 0.05) is 24.0 Å². The Bertz CT molecular complexity index is 499. The van der Waals surface area contributed by atoms with Crippen LogP contribution in [0.2, 0.25) is 0 Å². The number of rotatable bonds is 2. The largest absolute Gasteiger partial charge is 0.315 e. The highest BCUT2D eigenvalue weighted by atomic mass is 79.9. The Hall–Kier alpha value is -0.830. The summed E-state index contributed by atoms with van der Waals surface area (Å²) < 4.78 is 0. The average molecular weight is 308 g/mol. The van der Waals surface area contributed by atoms with E-state index < -0.39 is 0 Å². The molecule has 1 aliphatic heterocycles. The van der Waals surface area contributed by atoms with E-state index in [-0.39, 0.29) is 5.91 Å². The molecule has 3 rings (SSSR count). The van der Waals surface area contributed by atoms with Crippen molar-refractivity contribution in [1.82, 2.24) is 0 Å². The second kappa shape index (κ2) is 4.37. The SMILES string of the molecule is CC1CC1C(Br)c1ccc2c(c1)CCC(=O)N2C. The minimum Gasteiger partial charge on any atom is -0.315 e. The van der Waals surface area contributed by atoms with Crippen molar-refractivity contribution < 1.29 is 4.79 Å². The maximum Gasteiger partial charge on any atom is 0.227 e. The van der Waals surface area contributed by atoms with Crippen molar-refractivity contribution in [3.05, 3.63) is 29.3 Å². The molecule has 0 N–H and O–H groups in total. The molecule has 1 aliphatic carbocycles. The second-order valence-electron chi connectivity index (χ2n) is 5.62. The summed E-state index contributed by atoms with van der Waals surface area (Å²) in [5.41, 5.74) is 3.76. The summed E-state index contributed by atoms with van der Waals surface area (Å²) in [4.78, 5) is 13.9. The van der Waals surface area contributed by atoms with Crippen LogP contribution in [0.5, 0.6) is 0 Å². The van der Waals surface area contributed by atoms with E-state index in [9.17, 15) is 4.79 Å². The Balaban J connectivity index is 1.89. The molecular formula is C15H18BrNO. The van der Waals surface area contributed by atoms with Gasteiger partial charge in [0.1, 0.15) is 0 Å². The van der Waals surface area contributed by atoms with Gasteiger partial charge in [-0.1, -0.05) is 35.0 Å². The van der Waals surface area contributed by atoms with Crippen LogP contribution in [0, 0.1) is 11.8 Å². The Morgan fingerprint density at radius 2 is 2.11 bits per heavy atom. The number of halogens is 1. The van der Waals surface area contributed by atoms with Gasteiger partial charge in [-0.05, 0) is 41.9 Å². The molecule has 1 aromatic rings. The van der Waals surface area contributed by atoms with Crippen LogP contribution in [-0.4, -0.2) is 13.0 Å². The molecule has 1 heterocycles. The van der Waals surface area contributed by atoms with Crippen molar-refractivity contribution in [1.29, 1.82) is 0 Å². The molecule has 2 nitrogen and oxygen atoms in total. The topological polar surface area (TPSA) is 20.3 Å². The summed E-state index contributed by atoms with van der Waals surface area (Å²) in [6, 6.07) is 6.55. The van der Waals surface area contributed by atoms with Gasteiger partial charge in [0.25, 0.3) is 0 Å². The van der Waals surface area contributed by atoms with Gasteiger partial charge in [-0.2, -0.15) is 0 Å². The maximum absolute atomic E-state index is 11.7. The van der Waals surface area contributed by atoms with Crippen LogP contribution in [0.25, 0.3) is 0 Å². The monoisotopic (exact) mass is 307 g/mol. The second-order valence-corrected chi connectivity index (χ2v) is 6.61. The van der Waals surface area contributed by atoms with Crippen LogP contribution in [0.15, 0.2) is 18.2 Å². The smallest absolute Gasteiger partial charge is 0.227 e. The molecule has 3 heteroatoms. The third-order valence-corrected chi connectivity index (χ3v) is 5.52. The van der Waals surface area contributed by atoms with E-state index >= 15 is 0 Å². The first-order chi connectivity index (χ1) is 8.58. The van der Waals surface area contributed by atoms with Gasteiger partial charge in [0.15, 0.2) is 0 Å². The minimum atomic E-state index is 0.224. The summed E-state index contributed by atoms with van der Waals surface area (Å²) >= 11 is 3.83. The number of alkyl halides is 1. The highest BCUT2D eigenvalue weighted by molar-refractivity contribution is 9.09. The molecule has 2 aliphatic rings. The van der Waals surface area contributed by atoms with E-state index in [2.05, 4.69) is 41.1 Å². The number of aryl methyl sites for hydroxylation is 1. The lowest BCUT2D eigenvalue weighted by Gasteiger charge is -2.26. The van der Waals surface area contributed by atoms with Crippen LogP contribution in [-0.2, 0) is 11.2 Å². The highest BCUT2D eigenvalue weighted by Gasteiger charge is 2.39. The standard InChI is InChI=1S/C15H18BrNO/c1-9-7-12(9)15(16)11-3-5-13-10(8-11)4-6-14(18)17(13)2/h3,5,8-9,12,15H,4,6-7H2,1-2H3. The fourth-order valence-electron chi connectivity index (χ4n) is 2.85. The van der Waals surface area contributed by atoms with E-state index in [0.29, 0.717) is 11.2 Å². The number of fused-ring (bicyclic) bond motifs is 1. The van der Waals surface area contributed by atoms with E-state index in [4.69, 9.17) is 0 Å². The Kier molecular flexibility index (Phi) is 2.97. The Labute approximate surface area is 116 Å². The van der Waals surface area contributed by atoms with Gasteiger partial charge in [0.2, 0.25) is 5.91 Å². The third-order valence-electron chi connectivity index (χ3n) is 4.31. The third kappa shape index (κ3) is 1.99. The fourth-order valence-corrected chi connectivity index (χ4v) is 3.88. The van der Waals surface area contributed by atoms with Gasteiger partial charge in [-0.3, -0.25) is 4.79 Å². The number of benzene rings is 1. The van der Waals surface area contributed by atoms with E-state index in [1.54, 1.807) is 4.90 Å². The quantitative estimate of drug-likeness (QED) is 0.763. The minimum absolute atomic E-state index is 0.224. The summed E-state index contributed by atoms with van der Waals surface area (Å²) in [6.45, 7) is 2.31. The predicted octanol–water partition coefficient (Wildman–Crippen LogP) is 3.69. The lowest BCUT2D eigenvalue weighted by atomic mass is 9.97. The molecule has 3 atom stereocenters. The fraction of sp³-hybridized carbons (Fsp3) is 0.533. The lowest BCUT2D eigenvalue weighted by Crippen LogP contribution is -2.31. The molecule has 96 valence electrons. The normalized spacial score (nSPS) is 27.9. The van der Waals surface area contributed by atoms with Crippen molar-refractivity contribution in [2.45, 2.75) is 31.0 Å². The molecule has 3 unspecified atom stereocenters. The average Bonchev–Trinajstić information content (AvgIpc) is 3.10. The maximum atomic E-state index is 11.7. The molecule has 0 bridgehead atoms. The molecule has 1 amide bonds. The molecule has 1 aromatic carbocycles. The molecule has 0 saturated heterocycles. The molecule has 0 aromatic heterocycles. The van der Waals surface area contributed by atoms with Crippen molar-refractivity contribution >= 4 is 27.5 Å². The number of amides is 1. The Morgan fingerprint density at radius 1 is 1.39 bits per heavy atom. The van der Waals surface area contributed by atoms with Crippen LogP contribution < -0.4 is 4.90 Å². The molecule has 1 fully saturated rings. The van der Waals surface area contributed by atoms with Crippen LogP contribution in [0.4, 0.5) is 5.69 Å². The number of carbonyl (C=O) groups excluding carboxylic acids is 1. The number of nitrogens with zero attached hydrogens (tertiary/aromatic N) is 1. The van der Waals surface area contributed by atoms with E-state index in [0.717, 1.165) is 23.9 Å². The lowest BCUT2D eigenvalue weighted by molar-refractivity contribution is -0.118. The number of carbonyl (C=O) groups is 1. The molecular weight excluding hydrogens is 290 g/mol. The summed E-state index contributed by atoms with van der Waals surface area (Å²) in [5, 5.41) is 0. The van der Waals surface area contributed by atoms with Crippen molar-refractivity contribution in [3.63, 3.8) is 0 Å². The van der Waals surface area contributed by atoms with Gasteiger partial charge in [0.05, 0.1) is 0 Å². The van der Waals surface area contributed by atoms with Gasteiger partial charge in [-0.25, -0.2) is 0 Å². The zero-order valence-electron chi connectivity index (χ0n) is 10.8. The predicted molar refractivity (Wildman–Crippen MR) is 77.1 cm³/mol. The summed E-state index contributed by atoms with van der Waals surface area (Å²) in [6.07, 6.45) is 2.84. The van der Waals surface area contributed by atoms with Crippen LogP contribution >= 0.6 is 15.9 Å². The van der Waals surface area contributed by atoms with E-state index in [1.165, 1.54) is 17.5 Å². The van der Waals surface area contributed by atoms with Crippen LogP contribution in [0.3, 0.4) is 0 Å². The number of hydrogen-bond acceptors (Lipinski definition) is 1. The van der Waals surface area contributed by atoms with Crippen LogP contribution in [0.1, 0.15) is 35.7 Å². The Morgan fingerprint density at radius 3 is 2.78 bits per heavy atom. The molecule has 18 heavy (non-hydrogen) atoms. The van der Waals surface area contributed by atoms with Gasteiger partial charge in [-0.15, -0.1) is 0 Å².